The van der Waals surface area contributed by atoms with Crippen LogP contribution < -0.4 is 24.0 Å². The molecule has 0 aromatic heterocycles. The van der Waals surface area contributed by atoms with Crippen molar-refractivity contribution in [2.45, 2.75) is 11.5 Å². The lowest BCUT2D eigenvalue weighted by atomic mass is 10.2. The fourth-order valence-corrected chi connectivity index (χ4v) is 4.41. The van der Waals surface area contributed by atoms with E-state index in [0.717, 1.165) is 17.4 Å². The van der Waals surface area contributed by atoms with E-state index < -0.39 is 16.6 Å². The first-order valence-electron chi connectivity index (χ1n) is 9.01. The largest absolute Gasteiger partial charge is 0.495 e. The summed E-state index contributed by atoms with van der Waals surface area (Å²) in [5.41, 5.74) is 0.688. The van der Waals surface area contributed by atoms with Crippen LogP contribution in [0.5, 0.6) is 11.5 Å². The Kier molecular flexibility index (Phi) is 6.43. The van der Waals surface area contributed by atoms with E-state index in [2.05, 4.69) is 10.1 Å². The monoisotopic (exact) mass is 427 g/mol. The summed E-state index contributed by atoms with van der Waals surface area (Å²) < 4.78 is 62.7. The van der Waals surface area contributed by atoms with Crippen LogP contribution in [0.1, 0.15) is 0 Å². The van der Waals surface area contributed by atoms with Crippen LogP contribution in [0.15, 0.2) is 47.4 Å². The van der Waals surface area contributed by atoms with Gasteiger partial charge in [0.05, 0.1) is 23.4 Å². The first kappa shape index (κ1) is 21.1. The number of para-hydroxylation sites is 2. The Hall–Kier alpha value is -2.59. The molecular formula is C19H23F2N3O4S. The van der Waals surface area contributed by atoms with E-state index in [1.165, 1.54) is 38.4 Å². The highest BCUT2D eigenvalue weighted by atomic mass is 32.2. The highest BCUT2D eigenvalue weighted by molar-refractivity contribution is 7.92. The Labute approximate surface area is 168 Å². The number of anilines is 2. The highest BCUT2D eigenvalue weighted by Gasteiger charge is 2.27. The molecule has 1 aliphatic rings. The first-order valence-corrected chi connectivity index (χ1v) is 10.4. The van der Waals surface area contributed by atoms with Gasteiger partial charge in [-0.15, -0.1) is 0 Å². The quantitative estimate of drug-likeness (QED) is 0.732. The van der Waals surface area contributed by atoms with Crippen LogP contribution in [0, 0.1) is 0 Å². The van der Waals surface area contributed by atoms with E-state index in [4.69, 9.17) is 4.74 Å². The van der Waals surface area contributed by atoms with Gasteiger partial charge in [0.25, 0.3) is 10.0 Å². The third-order valence-corrected chi connectivity index (χ3v) is 6.45. The van der Waals surface area contributed by atoms with Crippen molar-refractivity contribution in [3.63, 3.8) is 0 Å². The van der Waals surface area contributed by atoms with Crippen molar-refractivity contribution < 1.29 is 26.7 Å². The summed E-state index contributed by atoms with van der Waals surface area (Å²) >= 11 is 0. The second-order valence-electron chi connectivity index (χ2n) is 6.39. The summed E-state index contributed by atoms with van der Waals surface area (Å²) in [6, 6.07) is 10.3. The minimum Gasteiger partial charge on any atom is -0.495 e. The predicted octanol–water partition coefficient (Wildman–Crippen LogP) is 2.53. The van der Waals surface area contributed by atoms with E-state index >= 15 is 0 Å². The molecule has 0 bridgehead atoms. The molecule has 1 N–H and O–H groups in total. The van der Waals surface area contributed by atoms with Gasteiger partial charge in [0.1, 0.15) is 11.5 Å². The number of hydrogen-bond acceptors (Lipinski definition) is 6. The van der Waals surface area contributed by atoms with Crippen LogP contribution in [-0.2, 0) is 10.0 Å². The van der Waals surface area contributed by atoms with E-state index in [-0.39, 0.29) is 16.3 Å². The van der Waals surface area contributed by atoms with E-state index in [0.29, 0.717) is 24.5 Å². The zero-order valence-electron chi connectivity index (χ0n) is 16.1. The summed E-state index contributed by atoms with van der Waals surface area (Å²) in [6.07, 6.45) is 0. The number of hydrogen-bond donors (Lipinski definition) is 1. The lowest BCUT2D eigenvalue weighted by Crippen LogP contribution is -2.43. The van der Waals surface area contributed by atoms with Crippen molar-refractivity contribution >= 4 is 21.4 Å². The third-order valence-electron chi connectivity index (χ3n) is 4.69. The Balaban J connectivity index is 1.99. The number of halogens is 2. The minimum atomic E-state index is -4.03. The zero-order chi connectivity index (χ0) is 21.0. The molecule has 0 unspecified atom stereocenters. The maximum absolute atomic E-state index is 13.2. The number of sulfonamides is 1. The lowest BCUT2D eigenvalue weighted by molar-refractivity contribution is -0.0494. The maximum atomic E-state index is 13.2. The molecule has 1 fully saturated rings. The number of nitrogens with zero attached hydrogens (tertiary/aromatic N) is 2. The Morgan fingerprint density at radius 1 is 1.10 bits per heavy atom. The predicted molar refractivity (Wildman–Crippen MR) is 107 cm³/mol. The molecule has 29 heavy (non-hydrogen) atoms. The SMILES string of the molecule is COc1ccc(S(=O)(=O)N(C)c2ccccc2OC(F)F)cc1N1CCNCC1. The van der Waals surface area contributed by atoms with Gasteiger partial charge in [0, 0.05) is 33.2 Å². The van der Waals surface area contributed by atoms with Crippen molar-refractivity contribution in [1.29, 1.82) is 0 Å². The molecule has 1 heterocycles. The molecule has 1 saturated heterocycles. The zero-order valence-corrected chi connectivity index (χ0v) is 17.0. The van der Waals surface area contributed by atoms with Gasteiger partial charge in [-0.05, 0) is 30.3 Å². The number of alkyl halides is 2. The second-order valence-corrected chi connectivity index (χ2v) is 8.36. The molecule has 2 aromatic rings. The van der Waals surface area contributed by atoms with Gasteiger partial charge in [0.2, 0.25) is 0 Å². The van der Waals surface area contributed by atoms with Crippen LogP contribution in [0.25, 0.3) is 0 Å². The van der Waals surface area contributed by atoms with Crippen LogP contribution in [0.4, 0.5) is 20.2 Å². The van der Waals surface area contributed by atoms with Gasteiger partial charge in [0.15, 0.2) is 0 Å². The molecule has 10 heteroatoms. The van der Waals surface area contributed by atoms with Gasteiger partial charge in [-0.2, -0.15) is 8.78 Å². The molecule has 158 valence electrons. The molecule has 3 rings (SSSR count). The van der Waals surface area contributed by atoms with E-state index in [1.807, 2.05) is 4.90 Å². The molecule has 0 radical (unpaired) electrons. The molecule has 0 atom stereocenters. The van der Waals surface area contributed by atoms with Crippen LogP contribution >= 0.6 is 0 Å². The van der Waals surface area contributed by atoms with Crippen LogP contribution in [-0.4, -0.2) is 55.4 Å². The Bertz CT molecular complexity index is 950. The average molecular weight is 427 g/mol. The molecule has 1 aliphatic heterocycles. The molecule has 0 aliphatic carbocycles. The first-order chi connectivity index (χ1) is 13.8. The average Bonchev–Trinajstić information content (AvgIpc) is 2.73. The Morgan fingerprint density at radius 3 is 2.45 bits per heavy atom. The molecule has 7 nitrogen and oxygen atoms in total. The minimum absolute atomic E-state index is 0.0207. The summed E-state index contributed by atoms with van der Waals surface area (Å²) in [5.74, 6) is 0.347. The standard InChI is InChI=1S/C19H23F2N3O4S/c1-23(15-5-3-4-6-18(15)28-19(20)21)29(25,26)14-7-8-17(27-2)16(13-14)24-11-9-22-10-12-24/h3-8,13,19,22H,9-12H2,1-2H3. The summed E-state index contributed by atoms with van der Waals surface area (Å²) in [7, 11) is -1.20. The molecule has 2 aromatic carbocycles. The van der Waals surface area contributed by atoms with Gasteiger partial charge < -0.3 is 19.7 Å². The fraction of sp³-hybridized carbons (Fsp3) is 0.368. The number of methoxy groups -OCH3 is 1. The normalized spacial score (nSPS) is 14.7. The van der Waals surface area contributed by atoms with Gasteiger partial charge in [-0.1, -0.05) is 12.1 Å². The topological polar surface area (TPSA) is 71.1 Å². The number of rotatable bonds is 7. The van der Waals surface area contributed by atoms with Crippen LogP contribution in [0.3, 0.4) is 0 Å². The van der Waals surface area contributed by atoms with Crippen molar-refractivity contribution in [2.75, 3.05) is 49.5 Å². The smallest absolute Gasteiger partial charge is 0.387 e. The number of benzene rings is 2. The maximum Gasteiger partial charge on any atom is 0.387 e. The second kappa shape index (κ2) is 8.83. The van der Waals surface area contributed by atoms with Crippen molar-refractivity contribution in [1.82, 2.24) is 5.32 Å². The summed E-state index contributed by atoms with van der Waals surface area (Å²) in [5, 5.41) is 3.24. The molecular weight excluding hydrogens is 404 g/mol. The lowest BCUT2D eigenvalue weighted by Gasteiger charge is -2.31. The van der Waals surface area contributed by atoms with E-state index in [1.54, 1.807) is 18.2 Å². The van der Waals surface area contributed by atoms with Crippen molar-refractivity contribution in [2.24, 2.45) is 0 Å². The molecule has 0 saturated carbocycles. The summed E-state index contributed by atoms with van der Waals surface area (Å²) in [4.78, 5) is 2.07. The number of ether oxygens (including phenoxy) is 2. The third kappa shape index (κ3) is 4.54. The molecule has 0 spiro atoms. The van der Waals surface area contributed by atoms with Gasteiger partial charge >= 0.3 is 6.61 Å². The van der Waals surface area contributed by atoms with E-state index in [9.17, 15) is 17.2 Å². The number of piperazine rings is 1. The van der Waals surface area contributed by atoms with Crippen molar-refractivity contribution in [3.8, 4) is 11.5 Å². The van der Waals surface area contributed by atoms with Gasteiger partial charge in [-0.25, -0.2) is 8.42 Å². The van der Waals surface area contributed by atoms with Gasteiger partial charge in [-0.3, -0.25) is 4.31 Å². The highest BCUT2D eigenvalue weighted by Crippen LogP contribution is 2.35. The number of nitrogens with one attached hydrogen (secondary N) is 1. The fourth-order valence-electron chi connectivity index (χ4n) is 3.18. The Morgan fingerprint density at radius 2 is 1.79 bits per heavy atom. The summed E-state index contributed by atoms with van der Waals surface area (Å²) in [6.45, 7) is -0.0919. The van der Waals surface area contributed by atoms with Crippen LogP contribution in [0.2, 0.25) is 0 Å². The molecule has 0 amide bonds. The van der Waals surface area contributed by atoms with Crippen molar-refractivity contribution in [3.05, 3.63) is 42.5 Å².